The Morgan fingerprint density at radius 3 is 3.00 bits per heavy atom. The van der Waals surface area contributed by atoms with Gasteiger partial charge in [0.2, 0.25) is 0 Å². The molecule has 0 spiro atoms. The van der Waals surface area contributed by atoms with Gasteiger partial charge in [0.05, 0.1) is 11.7 Å². The van der Waals surface area contributed by atoms with Gasteiger partial charge in [0.25, 0.3) is 0 Å². The number of urea groups is 1. The molecule has 0 bridgehead atoms. The minimum atomic E-state index is 0.0874. The molecule has 1 fully saturated rings. The van der Waals surface area contributed by atoms with Crippen LogP contribution in [-0.4, -0.2) is 51.8 Å². The number of hydrogen-bond acceptors (Lipinski definition) is 4. The van der Waals surface area contributed by atoms with Crippen LogP contribution in [0.4, 0.5) is 4.79 Å². The molecular weight excluding hydrogens is 334 g/mol. The summed E-state index contributed by atoms with van der Waals surface area (Å²) in [4.78, 5) is 17.9. The van der Waals surface area contributed by atoms with E-state index >= 15 is 0 Å². The van der Waals surface area contributed by atoms with E-state index in [4.69, 9.17) is 0 Å². The van der Waals surface area contributed by atoms with Crippen LogP contribution in [0.15, 0.2) is 29.8 Å². The number of nitrogens with one attached hydrogen (secondary N) is 1. The molecule has 1 N–H and O–H groups in total. The maximum Gasteiger partial charge on any atom is 0.317 e. The van der Waals surface area contributed by atoms with E-state index in [0.717, 1.165) is 52.0 Å². The molecule has 1 saturated heterocycles. The highest BCUT2D eigenvalue weighted by atomic mass is 32.1. The molecule has 1 atom stereocenters. The van der Waals surface area contributed by atoms with Crippen molar-refractivity contribution in [1.29, 1.82) is 0 Å². The molecule has 2 aliphatic heterocycles. The summed E-state index contributed by atoms with van der Waals surface area (Å²) in [6, 6.07) is 6.82. The van der Waals surface area contributed by atoms with Crippen LogP contribution in [0, 0.1) is 0 Å². The number of likely N-dealkylation sites (tertiary alicyclic amines) is 1. The second-order valence-electron chi connectivity index (χ2n) is 6.88. The van der Waals surface area contributed by atoms with Crippen LogP contribution in [-0.2, 0) is 13.1 Å². The number of rotatable bonds is 5. The molecule has 0 unspecified atom stereocenters. The quantitative estimate of drug-likeness (QED) is 0.893. The van der Waals surface area contributed by atoms with E-state index in [1.54, 1.807) is 0 Å². The lowest BCUT2D eigenvalue weighted by atomic mass is 10.1. The third-order valence-electron chi connectivity index (χ3n) is 5.06. The Balaban J connectivity index is 1.34. The SMILES string of the molecule is O=C(NCC[C@@H]1CN(Cc2cccs2)Cc2ccnn21)N1CCCC1. The molecular formula is C18H25N5OS. The fraction of sp³-hybridized carbons (Fsp3) is 0.556. The van der Waals surface area contributed by atoms with Gasteiger partial charge < -0.3 is 10.2 Å². The Hall–Kier alpha value is -1.86. The summed E-state index contributed by atoms with van der Waals surface area (Å²) in [6.07, 6.45) is 5.06. The normalized spacial score (nSPS) is 20.6. The highest BCUT2D eigenvalue weighted by molar-refractivity contribution is 7.09. The van der Waals surface area contributed by atoms with Crippen LogP contribution >= 0.6 is 11.3 Å². The van der Waals surface area contributed by atoms with Gasteiger partial charge in [-0.1, -0.05) is 6.07 Å². The predicted octanol–water partition coefficient (Wildman–Crippen LogP) is 2.70. The number of thiophene rings is 1. The van der Waals surface area contributed by atoms with Crippen molar-refractivity contribution in [3.63, 3.8) is 0 Å². The summed E-state index contributed by atoms with van der Waals surface area (Å²) in [7, 11) is 0. The smallest absolute Gasteiger partial charge is 0.317 e. The first kappa shape index (κ1) is 16.6. The van der Waals surface area contributed by atoms with E-state index in [9.17, 15) is 4.79 Å². The number of carbonyl (C=O) groups is 1. The van der Waals surface area contributed by atoms with E-state index in [1.165, 1.54) is 10.6 Å². The average Bonchev–Trinajstić information content (AvgIpc) is 3.36. The van der Waals surface area contributed by atoms with Crippen LogP contribution in [0.3, 0.4) is 0 Å². The molecule has 25 heavy (non-hydrogen) atoms. The van der Waals surface area contributed by atoms with E-state index < -0.39 is 0 Å². The van der Waals surface area contributed by atoms with Crippen LogP contribution < -0.4 is 5.32 Å². The molecule has 4 rings (SSSR count). The Morgan fingerprint density at radius 1 is 1.32 bits per heavy atom. The van der Waals surface area contributed by atoms with Gasteiger partial charge in [0.15, 0.2) is 0 Å². The van der Waals surface area contributed by atoms with E-state index in [1.807, 2.05) is 22.4 Å². The molecule has 4 heterocycles. The summed E-state index contributed by atoms with van der Waals surface area (Å²) < 4.78 is 2.15. The van der Waals surface area contributed by atoms with E-state index in [0.29, 0.717) is 12.6 Å². The zero-order chi connectivity index (χ0) is 17.1. The van der Waals surface area contributed by atoms with Gasteiger partial charge >= 0.3 is 6.03 Å². The zero-order valence-corrected chi connectivity index (χ0v) is 15.2. The second-order valence-corrected chi connectivity index (χ2v) is 7.92. The fourth-order valence-corrected chi connectivity index (χ4v) is 4.55. The van der Waals surface area contributed by atoms with Crippen molar-refractivity contribution in [2.45, 2.75) is 38.4 Å². The average molecular weight is 359 g/mol. The van der Waals surface area contributed by atoms with Gasteiger partial charge in [0, 0.05) is 50.3 Å². The fourth-order valence-electron chi connectivity index (χ4n) is 3.80. The first-order valence-corrected chi connectivity index (χ1v) is 9.97. The highest BCUT2D eigenvalue weighted by Crippen LogP contribution is 2.25. The second kappa shape index (κ2) is 7.58. The summed E-state index contributed by atoms with van der Waals surface area (Å²) in [5.41, 5.74) is 1.26. The molecule has 2 amide bonds. The summed E-state index contributed by atoms with van der Waals surface area (Å²) in [6.45, 7) is 5.40. The van der Waals surface area contributed by atoms with E-state index in [2.05, 4.69) is 43.6 Å². The summed E-state index contributed by atoms with van der Waals surface area (Å²) in [5.74, 6) is 0. The van der Waals surface area contributed by atoms with Crippen molar-refractivity contribution in [2.75, 3.05) is 26.2 Å². The number of aromatic nitrogens is 2. The number of hydrogen-bond donors (Lipinski definition) is 1. The monoisotopic (exact) mass is 359 g/mol. The summed E-state index contributed by atoms with van der Waals surface area (Å²) in [5, 5.41) is 9.73. The van der Waals surface area contributed by atoms with Crippen LogP contribution in [0.1, 0.15) is 35.9 Å². The predicted molar refractivity (Wildman–Crippen MR) is 98.5 cm³/mol. The first-order valence-electron chi connectivity index (χ1n) is 9.09. The van der Waals surface area contributed by atoms with Gasteiger partial charge in [0.1, 0.15) is 0 Å². The number of carbonyl (C=O) groups excluding carboxylic acids is 1. The molecule has 0 radical (unpaired) electrons. The minimum Gasteiger partial charge on any atom is -0.338 e. The zero-order valence-electron chi connectivity index (χ0n) is 14.4. The largest absolute Gasteiger partial charge is 0.338 e. The maximum absolute atomic E-state index is 12.1. The van der Waals surface area contributed by atoms with Crippen molar-refractivity contribution < 1.29 is 4.79 Å². The minimum absolute atomic E-state index is 0.0874. The third-order valence-corrected chi connectivity index (χ3v) is 5.92. The maximum atomic E-state index is 12.1. The number of amides is 2. The summed E-state index contributed by atoms with van der Waals surface area (Å²) >= 11 is 1.81. The van der Waals surface area contributed by atoms with Gasteiger partial charge in [-0.25, -0.2) is 4.79 Å². The lowest BCUT2D eigenvalue weighted by Gasteiger charge is -2.33. The Kier molecular flexibility index (Phi) is 5.03. The van der Waals surface area contributed by atoms with Crippen molar-refractivity contribution in [1.82, 2.24) is 24.9 Å². The molecule has 0 aromatic carbocycles. The first-order chi connectivity index (χ1) is 12.3. The third kappa shape index (κ3) is 3.88. The molecule has 2 aliphatic rings. The molecule has 7 heteroatoms. The lowest BCUT2D eigenvalue weighted by Crippen LogP contribution is -2.41. The molecule has 2 aromatic rings. The molecule has 0 aliphatic carbocycles. The van der Waals surface area contributed by atoms with Gasteiger partial charge in [-0.2, -0.15) is 5.10 Å². The van der Waals surface area contributed by atoms with Crippen LogP contribution in [0.5, 0.6) is 0 Å². The van der Waals surface area contributed by atoms with Crippen LogP contribution in [0.2, 0.25) is 0 Å². The van der Waals surface area contributed by atoms with Gasteiger partial charge in [-0.3, -0.25) is 9.58 Å². The van der Waals surface area contributed by atoms with Gasteiger partial charge in [-0.05, 0) is 36.8 Å². The van der Waals surface area contributed by atoms with Gasteiger partial charge in [-0.15, -0.1) is 11.3 Å². The van der Waals surface area contributed by atoms with E-state index in [-0.39, 0.29) is 6.03 Å². The lowest BCUT2D eigenvalue weighted by molar-refractivity contribution is 0.161. The topological polar surface area (TPSA) is 53.4 Å². The molecule has 134 valence electrons. The van der Waals surface area contributed by atoms with Crippen LogP contribution in [0.25, 0.3) is 0 Å². The van der Waals surface area contributed by atoms with Crippen molar-refractivity contribution in [3.05, 3.63) is 40.3 Å². The molecule has 2 aromatic heterocycles. The van der Waals surface area contributed by atoms with Crippen molar-refractivity contribution in [2.24, 2.45) is 0 Å². The number of nitrogens with zero attached hydrogens (tertiary/aromatic N) is 4. The van der Waals surface area contributed by atoms with Crippen molar-refractivity contribution >= 4 is 17.4 Å². The Morgan fingerprint density at radius 2 is 2.20 bits per heavy atom. The Bertz CT molecular complexity index is 692. The Labute approximate surface area is 152 Å². The number of fused-ring (bicyclic) bond motifs is 1. The molecule has 6 nitrogen and oxygen atoms in total. The van der Waals surface area contributed by atoms with Crippen molar-refractivity contribution in [3.8, 4) is 0 Å². The standard InChI is InChI=1S/C18H25N5OS/c24-18(22-9-1-2-10-22)19-7-5-15-12-21(14-17-4-3-11-25-17)13-16-6-8-20-23(15)16/h3-4,6,8,11,15H,1-2,5,7,9-10,12-14H2,(H,19,24)/t15-/m1/s1. The molecule has 0 saturated carbocycles. The highest BCUT2D eigenvalue weighted by Gasteiger charge is 2.26.